The fourth-order valence-corrected chi connectivity index (χ4v) is 4.95. The highest BCUT2D eigenvalue weighted by Crippen LogP contribution is 2.36. The van der Waals surface area contributed by atoms with Gasteiger partial charge in [0.2, 0.25) is 10.0 Å². The number of nitrogen functional groups attached to an aromatic ring is 1. The van der Waals surface area contributed by atoms with Crippen LogP contribution in [-0.4, -0.2) is 47.8 Å². The topological polar surface area (TPSA) is 110 Å². The number of nitrogens with zero attached hydrogens (tertiary/aromatic N) is 3. The smallest absolute Gasteiger partial charge is 0.256 e. The second-order valence-electron chi connectivity index (χ2n) is 7.41. The highest BCUT2D eigenvalue weighted by Gasteiger charge is 2.33. The first-order chi connectivity index (χ1) is 13.3. The second kappa shape index (κ2) is 6.89. The zero-order valence-corrected chi connectivity index (χ0v) is 16.9. The Hall–Kier alpha value is -2.39. The molecule has 0 saturated carbocycles. The summed E-state index contributed by atoms with van der Waals surface area (Å²) in [6.07, 6.45) is 3.19. The second-order valence-corrected chi connectivity index (χ2v) is 9.39. The van der Waals surface area contributed by atoms with E-state index in [9.17, 15) is 13.2 Å². The van der Waals surface area contributed by atoms with Gasteiger partial charge in [0.1, 0.15) is 5.82 Å². The molecule has 1 aromatic carbocycles. The van der Waals surface area contributed by atoms with Crippen LogP contribution >= 0.6 is 0 Å². The average Bonchev–Trinajstić information content (AvgIpc) is 3.02. The molecule has 1 atom stereocenters. The van der Waals surface area contributed by atoms with Gasteiger partial charge >= 0.3 is 0 Å². The molecule has 3 heterocycles. The predicted octanol–water partition coefficient (Wildman–Crippen LogP) is 1.58. The molecular formula is C19H25N5O3S. The van der Waals surface area contributed by atoms with Crippen LogP contribution in [0, 0.1) is 0 Å². The first kappa shape index (κ1) is 18.9. The van der Waals surface area contributed by atoms with Crippen molar-refractivity contribution < 1.29 is 13.2 Å². The molecule has 2 aliphatic heterocycles. The third kappa shape index (κ3) is 3.08. The number of nitrogens with two attached hydrogens (primary N) is 1. The summed E-state index contributed by atoms with van der Waals surface area (Å²) < 4.78 is 26.4. The monoisotopic (exact) mass is 403 g/mol. The summed E-state index contributed by atoms with van der Waals surface area (Å²) in [5.41, 5.74) is 10.8. The lowest BCUT2D eigenvalue weighted by Crippen LogP contribution is -2.35. The molecule has 28 heavy (non-hydrogen) atoms. The maximum absolute atomic E-state index is 13.3. The van der Waals surface area contributed by atoms with E-state index in [0.29, 0.717) is 37.4 Å². The van der Waals surface area contributed by atoms with Crippen molar-refractivity contribution in [3.8, 4) is 0 Å². The van der Waals surface area contributed by atoms with Gasteiger partial charge in [0.15, 0.2) is 0 Å². The summed E-state index contributed by atoms with van der Waals surface area (Å²) in [6, 6.07) is 6.03. The normalized spacial score (nSPS) is 19.6. The molecule has 0 saturated heterocycles. The summed E-state index contributed by atoms with van der Waals surface area (Å²) in [6.45, 7) is 3.31. The van der Waals surface area contributed by atoms with E-state index in [1.807, 2.05) is 12.1 Å². The number of carbonyl (C=O) groups excluding carboxylic acids is 1. The van der Waals surface area contributed by atoms with Crippen LogP contribution in [-0.2, 0) is 29.4 Å². The Morgan fingerprint density at radius 2 is 2.18 bits per heavy atom. The maximum Gasteiger partial charge on any atom is 0.256 e. The molecule has 4 rings (SSSR count). The molecule has 9 heteroatoms. The lowest BCUT2D eigenvalue weighted by molar-refractivity contribution is 0.0859. The third-order valence-corrected chi connectivity index (χ3v) is 6.94. The summed E-state index contributed by atoms with van der Waals surface area (Å²) in [5.74, 6) is -0.147. The van der Waals surface area contributed by atoms with Crippen molar-refractivity contribution >= 4 is 27.4 Å². The van der Waals surface area contributed by atoms with Gasteiger partial charge in [-0.1, -0.05) is 25.1 Å². The Labute approximate surface area is 164 Å². The quantitative estimate of drug-likeness (QED) is 0.805. The molecule has 0 fully saturated rings. The fraction of sp³-hybridized carbons (Fsp3) is 0.474. The zero-order chi connectivity index (χ0) is 20.1. The zero-order valence-electron chi connectivity index (χ0n) is 16.1. The number of sulfonamides is 1. The van der Waals surface area contributed by atoms with Gasteiger partial charge in [0.25, 0.3) is 5.91 Å². The van der Waals surface area contributed by atoms with Crippen molar-refractivity contribution in [1.82, 2.24) is 14.1 Å². The predicted molar refractivity (Wildman–Crippen MR) is 108 cm³/mol. The van der Waals surface area contributed by atoms with Crippen LogP contribution in [0.2, 0.25) is 0 Å². The van der Waals surface area contributed by atoms with Gasteiger partial charge in [0, 0.05) is 24.3 Å². The molecule has 2 aromatic rings. The van der Waals surface area contributed by atoms with Crippen LogP contribution < -0.4 is 11.1 Å². The number of hydrogen-bond donors (Lipinski definition) is 2. The number of carbonyl (C=O) groups is 1. The summed E-state index contributed by atoms with van der Waals surface area (Å²) in [7, 11) is -3.31. The number of anilines is 2. The van der Waals surface area contributed by atoms with E-state index >= 15 is 0 Å². The molecule has 0 spiro atoms. The Morgan fingerprint density at radius 3 is 2.89 bits per heavy atom. The van der Waals surface area contributed by atoms with Gasteiger partial charge in [-0.25, -0.2) is 8.42 Å². The average molecular weight is 404 g/mol. The molecule has 0 amide bonds. The highest BCUT2D eigenvalue weighted by molar-refractivity contribution is 7.88. The number of fused-ring (bicyclic) bond motifs is 2. The number of rotatable bonds is 3. The van der Waals surface area contributed by atoms with Crippen molar-refractivity contribution in [3.63, 3.8) is 0 Å². The molecule has 1 unspecified atom stereocenters. The van der Waals surface area contributed by atoms with Crippen LogP contribution in [0.4, 0.5) is 11.5 Å². The molecular weight excluding hydrogens is 378 g/mol. The van der Waals surface area contributed by atoms with Crippen molar-refractivity contribution in [1.29, 1.82) is 0 Å². The van der Waals surface area contributed by atoms with E-state index in [1.54, 1.807) is 0 Å². The van der Waals surface area contributed by atoms with Crippen LogP contribution in [0.3, 0.4) is 0 Å². The molecule has 0 bridgehead atoms. The number of para-hydroxylation sites is 1. The molecule has 1 aromatic heterocycles. The van der Waals surface area contributed by atoms with E-state index < -0.39 is 10.0 Å². The van der Waals surface area contributed by atoms with Crippen LogP contribution in [0.25, 0.3) is 0 Å². The largest absolute Gasteiger partial charge is 0.385 e. The first-order valence-corrected chi connectivity index (χ1v) is 11.4. The van der Waals surface area contributed by atoms with Crippen LogP contribution in [0.1, 0.15) is 46.4 Å². The van der Waals surface area contributed by atoms with Crippen molar-refractivity contribution in [3.05, 3.63) is 40.6 Å². The van der Waals surface area contributed by atoms with E-state index in [1.165, 1.54) is 20.8 Å². The van der Waals surface area contributed by atoms with E-state index in [0.717, 1.165) is 23.2 Å². The van der Waals surface area contributed by atoms with Gasteiger partial charge in [-0.2, -0.15) is 14.1 Å². The van der Waals surface area contributed by atoms with Crippen molar-refractivity contribution in [2.24, 2.45) is 0 Å². The highest BCUT2D eigenvalue weighted by atomic mass is 32.2. The minimum Gasteiger partial charge on any atom is -0.385 e. The Morgan fingerprint density at radius 1 is 1.39 bits per heavy atom. The number of aromatic nitrogens is 2. The molecule has 0 radical (unpaired) electrons. The lowest BCUT2D eigenvalue weighted by Gasteiger charge is -2.27. The summed E-state index contributed by atoms with van der Waals surface area (Å²) in [5, 5.41) is 7.84. The Kier molecular flexibility index (Phi) is 4.67. The van der Waals surface area contributed by atoms with Crippen molar-refractivity contribution in [2.45, 2.75) is 38.6 Å². The number of hydrogen-bond acceptors (Lipinski definition) is 6. The van der Waals surface area contributed by atoms with Crippen molar-refractivity contribution in [2.75, 3.05) is 30.4 Å². The number of benzene rings is 1. The van der Waals surface area contributed by atoms with E-state index in [2.05, 4.69) is 23.4 Å². The van der Waals surface area contributed by atoms with Gasteiger partial charge in [-0.3, -0.25) is 4.79 Å². The standard InChI is InChI=1S/C19H25N5O3S/c1-3-12-5-4-6-13-14(7-9-21-17(12)13)19(25)24-18(20)15-8-10-23(28(2,26)27)11-16(15)22-24/h4-6,14,21H,3,7-11,20H2,1-2H3. The van der Waals surface area contributed by atoms with E-state index in [-0.39, 0.29) is 18.4 Å². The molecule has 3 N–H and O–H groups in total. The fourth-order valence-electron chi connectivity index (χ4n) is 4.17. The summed E-state index contributed by atoms with van der Waals surface area (Å²) >= 11 is 0. The Balaban J connectivity index is 1.69. The van der Waals surface area contributed by atoms with Gasteiger partial charge in [0.05, 0.1) is 24.4 Å². The SMILES string of the molecule is CCc1cccc2c1NCCC2C(=O)n1nc2c(c1N)CCN(S(C)(=O)=O)C2. The number of nitrogens with one attached hydrogen (secondary N) is 1. The van der Waals surface area contributed by atoms with E-state index in [4.69, 9.17) is 5.73 Å². The van der Waals surface area contributed by atoms with Crippen LogP contribution in [0.5, 0.6) is 0 Å². The number of aryl methyl sites for hydroxylation is 1. The third-order valence-electron chi connectivity index (χ3n) is 5.69. The summed E-state index contributed by atoms with van der Waals surface area (Å²) in [4.78, 5) is 13.3. The first-order valence-electron chi connectivity index (χ1n) is 9.52. The lowest BCUT2D eigenvalue weighted by atomic mass is 9.88. The molecule has 0 aliphatic carbocycles. The molecule has 150 valence electrons. The molecule has 8 nitrogen and oxygen atoms in total. The van der Waals surface area contributed by atoms with Crippen LogP contribution in [0.15, 0.2) is 18.2 Å². The maximum atomic E-state index is 13.3. The minimum atomic E-state index is -3.31. The minimum absolute atomic E-state index is 0.154. The van der Waals surface area contributed by atoms with Gasteiger partial charge < -0.3 is 11.1 Å². The molecule has 2 aliphatic rings. The van der Waals surface area contributed by atoms with Gasteiger partial charge in [-0.15, -0.1) is 0 Å². The van der Waals surface area contributed by atoms with Gasteiger partial charge in [-0.05, 0) is 30.4 Å². The Bertz CT molecular complexity index is 1040.